The first-order valence-electron chi connectivity index (χ1n) is 8.70. The minimum Gasteiger partial charge on any atom is -0.474 e. The molecule has 0 amide bonds. The van der Waals surface area contributed by atoms with Gasteiger partial charge in [-0.3, -0.25) is 0 Å². The maximum atomic E-state index is 11.6. The number of halogens is 1. The van der Waals surface area contributed by atoms with Crippen LogP contribution in [0.1, 0.15) is 64.3 Å². The molecule has 136 valence electrons. The SMILES string of the molecule is CC(C)(C)c1cc2c(c(CBr)nn2C(=O)O)c(OC2CCCCC2)n1. The quantitative estimate of drug-likeness (QED) is 0.732. The Balaban J connectivity index is 2.18. The van der Waals surface area contributed by atoms with Crippen LogP contribution in [0.25, 0.3) is 10.9 Å². The van der Waals surface area contributed by atoms with Crippen molar-refractivity contribution in [3.63, 3.8) is 0 Å². The minimum absolute atomic E-state index is 0.135. The molecule has 0 radical (unpaired) electrons. The van der Waals surface area contributed by atoms with E-state index in [2.05, 4.69) is 41.8 Å². The highest BCUT2D eigenvalue weighted by molar-refractivity contribution is 9.08. The van der Waals surface area contributed by atoms with Crippen LogP contribution < -0.4 is 4.74 Å². The first kappa shape index (κ1) is 18.2. The van der Waals surface area contributed by atoms with Gasteiger partial charge in [-0.25, -0.2) is 9.78 Å². The molecular formula is C18H24BrN3O3. The molecule has 0 saturated heterocycles. The zero-order valence-electron chi connectivity index (χ0n) is 14.9. The van der Waals surface area contributed by atoms with Crippen LogP contribution in [0.15, 0.2) is 6.07 Å². The second-order valence-corrected chi connectivity index (χ2v) is 8.17. The topological polar surface area (TPSA) is 77.2 Å². The second kappa shape index (κ2) is 6.94. The predicted molar refractivity (Wildman–Crippen MR) is 99.8 cm³/mol. The van der Waals surface area contributed by atoms with Gasteiger partial charge in [0.15, 0.2) is 0 Å². The van der Waals surface area contributed by atoms with Crippen molar-refractivity contribution in [2.24, 2.45) is 0 Å². The van der Waals surface area contributed by atoms with Crippen molar-refractivity contribution < 1.29 is 14.6 Å². The van der Waals surface area contributed by atoms with Crippen molar-refractivity contribution in [2.45, 2.75) is 69.7 Å². The molecular weight excluding hydrogens is 386 g/mol. The number of rotatable bonds is 3. The van der Waals surface area contributed by atoms with Gasteiger partial charge in [-0.2, -0.15) is 9.78 Å². The highest BCUT2D eigenvalue weighted by atomic mass is 79.9. The molecule has 25 heavy (non-hydrogen) atoms. The summed E-state index contributed by atoms with van der Waals surface area (Å²) in [4.78, 5) is 16.4. The molecule has 1 fully saturated rings. The summed E-state index contributed by atoms with van der Waals surface area (Å²) in [7, 11) is 0. The molecule has 0 aliphatic heterocycles. The maximum absolute atomic E-state index is 11.6. The summed E-state index contributed by atoms with van der Waals surface area (Å²) in [5.41, 5.74) is 1.75. The van der Waals surface area contributed by atoms with Gasteiger partial charge in [-0.1, -0.05) is 43.1 Å². The Labute approximate surface area is 155 Å². The van der Waals surface area contributed by atoms with Gasteiger partial charge in [-0.05, 0) is 31.7 Å². The molecule has 0 atom stereocenters. The highest BCUT2D eigenvalue weighted by Gasteiger charge is 2.26. The summed E-state index contributed by atoms with van der Waals surface area (Å²) >= 11 is 3.41. The Bertz CT molecular complexity index is 789. The van der Waals surface area contributed by atoms with Gasteiger partial charge in [0.1, 0.15) is 6.10 Å². The third kappa shape index (κ3) is 3.66. The Morgan fingerprint density at radius 3 is 2.60 bits per heavy atom. The number of hydrogen-bond donors (Lipinski definition) is 1. The highest BCUT2D eigenvalue weighted by Crippen LogP contribution is 2.35. The van der Waals surface area contributed by atoms with E-state index in [4.69, 9.17) is 9.72 Å². The third-order valence-electron chi connectivity index (χ3n) is 4.61. The Kier molecular flexibility index (Phi) is 5.04. The molecule has 0 aromatic carbocycles. The fourth-order valence-corrected chi connectivity index (χ4v) is 3.61. The lowest BCUT2D eigenvalue weighted by Gasteiger charge is -2.24. The monoisotopic (exact) mass is 409 g/mol. The van der Waals surface area contributed by atoms with Crippen LogP contribution in [0.2, 0.25) is 0 Å². The second-order valence-electron chi connectivity index (χ2n) is 7.61. The molecule has 3 rings (SSSR count). The third-order valence-corrected chi connectivity index (χ3v) is 5.14. The van der Waals surface area contributed by atoms with Gasteiger partial charge in [0, 0.05) is 10.7 Å². The van der Waals surface area contributed by atoms with Crippen molar-refractivity contribution in [2.75, 3.05) is 0 Å². The zero-order chi connectivity index (χ0) is 18.2. The van der Waals surface area contributed by atoms with E-state index in [-0.39, 0.29) is 11.5 Å². The molecule has 2 aromatic heterocycles. The van der Waals surface area contributed by atoms with E-state index in [9.17, 15) is 9.90 Å². The number of alkyl halides is 1. The van der Waals surface area contributed by atoms with Crippen LogP contribution in [0.5, 0.6) is 5.88 Å². The predicted octanol–water partition coefficient (Wildman–Crippen LogP) is 4.86. The lowest BCUT2D eigenvalue weighted by atomic mass is 9.91. The van der Waals surface area contributed by atoms with Crippen molar-refractivity contribution in [1.29, 1.82) is 0 Å². The molecule has 7 heteroatoms. The molecule has 2 aromatic rings. The summed E-state index contributed by atoms with van der Waals surface area (Å²) in [5.74, 6) is 0.510. The molecule has 0 spiro atoms. The Morgan fingerprint density at radius 1 is 1.36 bits per heavy atom. The maximum Gasteiger partial charge on any atom is 0.432 e. The molecule has 0 unspecified atom stereocenters. The number of aromatic nitrogens is 3. The van der Waals surface area contributed by atoms with Gasteiger partial charge in [0.2, 0.25) is 5.88 Å². The first-order chi connectivity index (χ1) is 11.8. The Morgan fingerprint density at radius 2 is 2.04 bits per heavy atom. The average Bonchev–Trinajstić information content (AvgIpc) is 2.94. The van der Waals surface area contributed by atoms with Crippen LogP contribution in [0.3, 0.4) is 0 Å². The van der Waals surface area contributed by atoms with Crippen molar-refractivity contribution in [1.82, 2.24) is 14.8 Å². The molecule has 1 saturated carbocycles. The largest absolute Gasteiger partial charge is 0.474 e. The van der Waals surface area contributed by atoms with Gasteiger partial charge >= 0.3 is 6.09 Å². The number of hydrogen-bond acceptors (Lipinski definition) is 4. The van der Waals surface area contributed by atoms with E-state index in [1.165, 1.54) is 6.42 Å². The smallest absolute Gasteiger partial charge is 0.432 e. The lowest BCUT2D eigenvalue weighted by molar-refractivity contribution is 0.150. The van der Waals surface area contributed by atoms with Crippen molar-refractivity contribution >= 4 is 32.9 Å². The lowest BCUT2D eigenvalue weighted by Crippen LogP contribution is -2.22. The fourth-order valence-electron chi connectivity index (χ4n) is 3.22. The zero-order valence-corrected chi connectivity index (χ0v) is 16.5. The number of carboxylic acid groups (broad SMARTS) is 1. The van der Waals surface area contributed by atoms with E-state index in [0.29, 0.717) is 27.8 Å². The van der Waals surface area contributed by atoms with Crippen LogP contribution in [0, 0.1) is 0 Å². The molecule has 1 aliphatic rings. The van der Waals surface area contributed by atoms with Crippen LogP contribution >= 0.6 is 15.9 Å². The Hall–Kier alpha value is -1.63. The molecule has 6 nitrogen and oxygen atoms in total. The normalized spacial score (nSPS) is 16.3. The number of ether oxygens (including phenoxy) is 1. The summed E-state index contributed by atoms with van der Waals surface area (Å²) in [6.07, 6.45) is 4.62. The number of fused-ring (bicyclic) bond motifs is 1. The molecule has 1 aliphatic carbocycles. The van der Waals surface area contributed by atoms with Gasteiger partial charge in [-0.15, -0.1) is 0 Å². The van der Waals surface area contributed by atoms with E-state index in [1.807, 2.05) is 6.07 Å². The van der Waals surface area contributed by atoms with Crippen molar-refractivity contribution in [3.05, 3.63) is 17.5 Å². The molecule has 0 bridgehead atoms. The van der Waals surface area contributed by atoms with Gasteiger partial charge in [0.05, 0.1) is 22.3 Å². The number of pyridine rings is 1. The molecule has 2 heterocycles. The summed E-state index contributed by atoms with van der Waals surface area (Å²) in [6, 6.07) is 1.82. The standard InChI is InChI=1S/C18H24BrN3O3/c1-18(2,3)14-9-13-15(12(10-19)21-22(13)17(23)24)16(20-14)25-11-7-5-4-6-8-11/h9,11H,4-8,10H2,1-3H3,(H,23,24). The minimum atomic E-state index is -1.10. The van der Waals surface area contributed by atoms with E-state index < -0.39 is 6.09 Å². The number of carbonyl (C=O) groups is 1. The summed E-state index contributed by atoms with van der Waals surface area (Å²) < 4.78 is 7.29. The van der Waals surface area contributed by atoms with E-state index in [0.717, 1.165) is 36.1 Å². The fraction of sp³-hybridized carbons (Fsp3) is 0.611. The molecule has 1 N–H and O–H groups in total. The van der Waals surface area contributed by atoms with Crippen LogP contribution in [-0.4, -0.2) is 32.1 Å². The summed E-state index contributed by atoms with van der Waals surface area (Å²) in [6.45, 7) is 6.16. The van der Waals surface area contributed by atoms with Crippen LogP contribution in [-0.2, 0) is 10.7 Å². The summed E-state index contributed by atoms with van der Waals surface area (Å²) in [5, 5.41) is 14.9. The van der Waals surface area contributed by atoms with E-state index in [1.54, 1.807) is 0 Å². The van der Waals surface area contributed by atoms with E-state index >= 15 is 0 Å². The van der Waals surface area contributed by atoms with Gasteiger partial charge in [0.25, 0.3) is 0 Å². The van der Waals surface area contributed by atoms with Gasteiger partial charge < -0.3 is 9.84 Å². The van der Waals surface area contributed by atoms with Crippen LogP contribution in [0.4, 0.5) is 4.79 Å². The number of nitrogens with zero attached hydrogens (tertiary/aromatic N) is 3. The average molecular weight is 410 g/mol. The first-order valence-corrected chi connectivity index (χ1v) is 9.82. The van der Waals surface area contributed by atoms with Crippen molar-refractivity contribution in [3.8, 4) is 5.88 Å².